The van der Waals surface area contributed by atoms with Crippen LogP contribution in [-0.2, 0) is 9.59 Å². The van der Waals surface area contributed by atoms with Crippen molar-refractivity contribution in [1.82, 2.24) is 10.6 Å². The lowest BCUT2D eigenvalue weighted by atomic mass is 10.1. The van der Waals surface area contributed by atoms with Gasteiger partial charge in [-0.1, -0.05) is 0 Å². The molecule has 0 radical (unpaired) electrons. The Labute approximate surface area is 111 Å². The summed E-state index contributed by atoms with van der Waals surface area (Å²) in [4.78, 5) is 34.1. The molecule has 3 N–H and O–H groups in total. The van der Waals surface area contributed by atoms with Crippen molar-refractivity contribution >= 4 is 17.7 Å². The number of nitrogens with one attached hydrogen (secondary N) is 2. The third kappa shape index (κ3) is 2.58. The zero-order valence-electron chi connectivity index (χ0n) is 10.1. The maximum atomic E-state index is 13.5. The molecule has 0 aliphatic carbocycles. The lowest BCUT2D eigenvalue weighted by Crippen LogP contribution is -2.52. The molecule has 1 atom stereocenters. The molecular formula is C12H10F2N2O4. The summed E-state index contributed by atoms with van der Waals surface area (Å²) < 4.78 is 26.4. The Hall–Kier alpha value is -2.51. The Balaban J connectivity index is 2.15. The number of halogens is 2. The molecule has 0 aromatic heterocycles. The molecule has 2 rings (SSSR count). The maximum absolute atomic E-state index is 13.5. The number of hydrogen-bond donors (Lipinski definition) is 3. The Morgan fingerprint density at radius 1 is 1.35 bits per heavy atom. The summed E-state index contributed by atoms with van der Waals surface area (Å²) in [5.41, 5.74) is -0.589. The summed E-state index contributed by atoms with van der Waals surface area (Å²) in [6.07, 6.45) is 0.138. The monoisotopic (exact) mass is 284 g/mol. The van der Waals surface area contributed by atoms with E-state index >= 15 is 0 Å². The van der Waals surface area contributed by atoms with E-state index in [4.69, 9.17) is 5.11 Å². The van der Waals surface area contributed by atoms with Crippen LogP contribution in [0.15, 0.2) is 12.1 Å². The minimum absolute atomic E-state index is 0.0494. The molecule has 1 heterocycles. The van der Waals surface area contributed by atoms with Crippen LogP contribution in [0.4, 0.5) is 8.78 Å². The molecule has 6 nitrogen and oxygen atoms in total. The summed E-state index contributed by atoms with van der Waals surface area (Å²) in [6, 6.07) is 0.607. The SMILES string of the molecule is O=C1CCC(NC(=O)c2ccc(F)c(O)c2F)C(=O)N1. The van der Waals surface area contributed by atoms with E-state index in [1.54, 1.807) is 0 Å². The standard InChI is InChI=1S/C12H10F2N2O4/c13-6-2-1-5(9(14)10(6)18)11(19)15-7-3-4-8(17)16-12(7)20/h1-2,7,18H,3-4H2,(H,15,19)(H,16,17,20). The van der Waals surface area contributed by atoms with E-state index < -0.39 is 46.7 Å². The van der Waals surface area contributed by atoms with Gasteiger partial charge in [-0.15, -0.1) is 0 Å². The third-order valence-electron chi connectivity index (χ3n) is 2.86. The molecule has 1 aromatic rings. The molecule has 20 heavy (non-hydrogen) atoms. The summed E-state index contributed by atoms with van der Waals surface area (Å²) in [5.74, 6) is -5.99. The van der Waals surface area contributed by atoms with Crippen molar-refractivity contribution in [2.75, 3.05) is 0 Å². The average Bonchev–Trinajstić information content (AvgIpc) is 2.39. The lowest BCUT2D eigenvalue weighted by molar-refractivity contribution is -0.134. The van der Waals surface area contributed by atoms with Crippen molar-refractivity contribution in [2.24, 2.45) is 0 Å². The summed E-state index contributed by atoms with van der Waals surface area (Å²) in [7, 11) is 0. The summed E-state index contributed by atoms with van der Waals surface area (Å²) in [6.45, 7) is 0. The number of carbonyl (C=O) groups excluding carboxylic acids is 3. The summed E-state index contributed by atoms with van der Waals surface area (Å²) >= 11 is 0. The van der Waals surface area contributed by atoms with Crippen molar-refractivity contribution in [3.8, 4) is 5.75 Å². The van der Waals surface area contributed by atoms with Crippen LogP contribution >= 0.6 is 0 Å². The van der Waals surface area contributed by atoms with Crippen LogP contribution < -0.4 is 10.6 Å². The highest BCUT2D eigenvalue weighted by molar-refractivity contribution is 6.03. The Morgan fingerprint density at radius 3 is 2.70 bits per heavy atom. The normalized spacial score (nSPS) is 18.6. The fourth-order valence-corrected chi connectivity index (χ4v) is 1.78. The van der Waals surface area contributed by atoms with E-state index in [0.29, 0.717) is 0 Å². The average molecular weight is 284 g/mol. The van der Waals surface area contributed by atoms with Gasteiger partial charge >= 0.3 is 0 Å². The number of rotatable bonds is 2. The zero-order valence-corrected chi connectivity index (χ0v) is 10.1. The molecule has 1 fully saturated rings. The molecule has 0 spiro atoms. The molecule has 1 saturated heterocycles. The van der Waals surface area contributed by atoms with Crippen LogP contribution in [0.5, 0.6) is 5.75 Å². The largest absolute Gasteiger partial charge is 0.503 e. The molecule has 0 bridgehead atoms. The van der Waals surface area contributed by atoms with E-state index in [9.17, 15) is 23.2 Å². The number of benzene rings is 1. The highest BCUT2D eigenvalue weighted by Gasteiger charge is 2.29. The molecule has 1 aliphatic rings. The first-order chi connectivity index (χ1) is 9.40. The summed E-state index contributed by atoms with van der Waals surface area (Å²) in [5, 5.41) is 13.3. The topological polar surface area (TPSA) is 95.5 Å². The molecule has 1 unspecified atom stereocenters. The fourth-order valence-electron chi connectivity index (χ4n) is 1.78. The van der Waals surface area contributed by atoms with Crippen LogP contribution in [0, 0.1) is 11.6 Å². The van der Waals surface area contributed by atoms with E-state index in [1.165, 1.54) is 0 Å². The van der Waals surface area contributed by atoms with Gasteiger partial charge in [-0.2, -0.15) is 0 Å². The molecule has 3 amide bonds. The number of imide groups is 1. The number of aromatic hydroxyl groups is 1. The third-order valence-corrected chi connectivity index (χ3v) is 2.86. The quantitative estimate of drug-likeness (QED) is 0.676. The molecule has 8 heteroatoms. The van der Waals surface area contributed by atoms with Gasteiger partial charge in [-0.3, -0.25) is 19.7 Å². The molecule has 106 valence electrons. The van der Waals surface area contributed by atoms with Crippen LogP contribution in [0.1, 0.15) is 23.2 Å². The second-order valence-electron chi connectivity index (χ2n) is 4.23. The number of amides is 3. The number of carbonyl (C=O) groups is 3. The van der Waals surface area contributed by atoms with Crippen molar-refractivity contribution in [2.45, 2.75) is 18.9 Å². The van der Waals surface area contributed by atoms with Gasteiger partial charge in [0.25, 0.3) is 5.91 Å². The number of phenols is 1. The zero-order chi connectivity index (χ0) is 14.9. The molecular weight excluding hydrogens is 274 g/mol. The van der Waals surface area contributed by atoms with Gasteiger partial charge in [-0.05, 0) is 18.6 Å². The van der Waals surface area contributed by atoms with Crippen LogP contribution in [0.25, 0.3) is 0 Å². The Kier molecular flexibility index (Phi) is 3.64. The Bertz CT molecular complexity index is 603. The van der Waals surface area contributed by atoms with Gasteiger partial charge in [0.05, 0.1) is 5.56 Å². The van der Waals surface area contributed by atoms with Crippen LogP contribution in [0.2, 0.25) is 0 Å². The van der Waals surface area contributed by atoms with E-state index in [1.807, 2.05) is 5.32 Å². The lowest BCUT2D eigenvalue weighted by Gasteiger charge is -2.21. The minimum Gasteiger partial charge on any atom is -0.503 e. The Morgan fingerprint density at radius 2 is 2.05 bits per heavy atom. The van der Waals surface area contributed by atoms with Gasteiger partial charge in [-0.25, -0.2) is 8.78 Å². The maximum Gasteiger partial charge on any atom is 0.255 e. The van der Waals surface area contributed by atoms with Crippen LogP contribution in [-0.4, -0.2) is 28.9 Å². The van der Waals surface area contributed by atoms with Crippen molar-refractivity contribution in [3.63, 3.8) is 0 Å². The smallest absolute Gasteiger partial charge is 0.255 e. The minimum atomic E-state index is -1.41. The second kappa shape index (κ2) is 5.24. The fraction of sp³-hybridized carbons (Fsp3) is 0.250. The van der Waals surface area contributed by atoms with Gasteiger partial charge in [0.2, 0.25) is 11.8 Å². The highest BCUT2D eigenvalue weighted by atomic mass is 19.1. The van der Waals surface area contributed by atoms with Gasteiger partial charge < -0.3 is 10.4 Å². The van der Waals surface area contributed by atoms with Crippen molar-refractivity contribution in [1.29, 1.82) is 0 Å². The first kappa shape index (κ1) is 13.9. The molecule has 1 aliphatic heterocycles. The van der Waals surface area contributed by atoms with Gasteiger partial charge in [0.1, 0.15) is 6.04 Å². The number of phenolic OH excluding ortho intramolecular Hbond substituents is 1. The van der Waals surface area contributed by atoms with E-state index in [2.05, 4.69) is 5.32 Å². The molecule has 1 aromatic carbocycles. The van der Waals surface area contributed by atoms with E-state index in [0.717, 1.165) is 12.1 Å². The van der Waals surface area contributed by atoms with Gasteiger partial charge in [0.15, 0.2) is 17.4 Å². The number of hydrogen-bond acceptors (Lipinski definition) is 4. The first-order valence-corrected chi connectivity index (χ1v) is 5.71. The van der Waals surface area contributed by atoms with Crippen molar-refractivity contribution in [3.05, 3.63) is 29.3 Å². The van der Waals surface area contributed by atoms with Crippen LogP contribution in [0.3, 0.4) is 0 Å². The second-order valence-corrected chi connectivity index (χ2v) is 4.23. The highest BCUT2D eigenvalue weighted by Crippen LogP contribution is 2.23. The molecule has 0 saturated carbocycles. The van der Waals surface area contributed by atoms with Crippen molar-refractivity contribution < 1.29 is 28.3 Å². The first-order valence-electron chi connectivity index (χ1n) is 5.71. The van der Waals surface area contributed by atoms with E-state index in [-0.39, 0.29) is 12.8 Å². The predicted octanol–water partition coefficient (Wildman–Crippen LogP) is 0.205. The number of piperidine rings is 1. The van der Waals surface area contributed by atoms with Gasteiger partial charge in [0, 0.05) is 6.42 Å². The predicted molar refractivity (Wildman–Crippen MR) is 61.7 cm³/mol.